The molecule has 4 rings (SSSR count). The van der Waals surface area contributed by atoms with E-state index in [9.17, 15) is 19.7 Å². The molecular formula is C28H29N3O9S. The summed E-state index contributed by atoms with van der Waals surface area (Å²) in [6.07, 6.45) is 1.54. The number of methoxy groups -OCH3 is 3. The fourth-order valence-corrected chi connectivity index (χ4v) is 5.52. The summed E-state index contributed by atoms with van der Waals surface area (Å²) in [7, 11) is 4.34. The van der Waals surface area contributed by atoms with Crippen molar-refractivity contribution < 1.29 is 33.4 Å². The van der Waals surface area contributed by atoms with Crippen molar-refractivity contribution in [3.05, 3.63) is 88.6 Å². The third-order valence-corrected chi connectivity index (χ3v) is 7.26. The molecule has 0 spiro atoms. The van der Waals surface area contributed by atoms with Crippen molar-refractivity contribution in [2.24, 2.45) is 4.99 Å². The number of carbonyl (C=O) groups excluding carboxylic acids is 1. The SMILES string of the molecule is CCOc1c(OC)cccc1[C@@H]1C(C(=O)OCCOC)=C(C)N=c2s/c(=C/c3ccc(OC)c([N+](=O)[O-])c3)c(=O)n21. The molecule has 0 saturated carbocycles. The topological polar surface area (TPSA) is 141 Å². The van der Waals surface area contributed by atoms with Crippen LogP contribution in [0, 0.1) is 10.1 Å². The maximum Gasteiger partial charge on any atom is 0.338 e. The van der Waals surface area contributed by atoms with Gasteiger partial charge in [0.05, 0.1) is 48.2 Å². The lowest BCUT2D eigenvalue weighted by Crippen LogP contribution is -2.40. The Bertz CT molecular complexity index is 1690. The summed E-state index contributed by atoms with van der Waals surface area (Å²) in [5.74, 6) is 0.250. The average molecular weight is 584 g/mol. The van der Waals surface area contributed by atoms with Gasteiger partial charge in [0.25, 0.3) is 5.56 Å². The number of rotatable bonds is 11. The van der Waals surface area contributed by atoms with Crippen LogP contribution >= 0.6 is 11.3 Å². The van der Waals surface area contributed by atoms with Crippen LogP contribution in [0.2, 0.25) is 0 Å². The Balaban J connectivity index is 1.96. The van der Waals surface area contributed by atoms with Crippen LogP contribution in [0.1, 0.15) is 31.0 Å². The molecular weight excluding hydrogens is 554 g/mol. The number of benzene rings is 2. The van der Waals surface area contributed by atoms with Crippen molar-refractivity contribution in [1.29, 1.82) is 0 Å². The quantitative estimate of drug-likeness (QED) is 0.144. The molecule has 216 valence electrons. The molecule has 0 saturated heterocycles. The van der Waals surface area contributed by atoms with Crippen molar-refractivity contribution in [3.8, 4) is 17.2 Å². The lowest BCUT2D eigenvalue weighted by molar-refractivity contribution is -0.385. The number of aromatic nitrogens is 1. The Labute approximate surface area is 238 Å². The number of thiazole rings is 1. The molecule has 0 fully saturated rings. The van der Waals surface area contributed by atoms with E-state index in [4.69, 9.17) is 23.7 Å². The van der Waals surface area contributed by atoms with Gasteiger partial charge in [-0.2, -0.15) is 0 Å². The van der Waals surface area contributed by atoms with Gasteiger partial charge in [0, 0.05) is 18.7 Å². The van der Waals surface area contributed by atoms with Crippen LogP contribution < -0.4 is 29.1 Å². The van der Waals surface area contributed by atoms with Crippen LogP contribution in [0.3, 0.4) is 0 Å². The van der Waals surface area contributed by atoms with Crippen LogP contribution in [0.15, 0.2) is 57.5 Å². The van der Waals surface area contributed by atoms with Crippen LogP contribution in [-0.4, -0.2) is 56.6 Å². The standard InChI is InChI=1S/C28H29N3O9S/c1-6-39-25-18(8-7-9-21(25)38-5)24-23(27(33)40-13-12-36-3)16(2)29-28-30(24)26(32)22(41-28)15-17-10-11-20(37-4)19(14-17)31(34)35/h7-11,14-15,24H,6,12-13H2,1-5H3/b22-15+/t24-/m1/s1. The first-order valence-electron chi connectivity index (χ1n) is 12.6. The van der Waals surface area contributed by atoms with Gasteiger partial charge in [-0.3, -0.25) is 19.5 Å². The summed E-state index contributed by atoms with van der Waals surface area (Å²) in [6, 6.07) is 8.67. The van der Waals surface area contributed by atoms with E-state index >= 15 is 0 Å². The molecule has 1 atom stereocenters. The van der Waals surface area contributed by atoms with Gasteiger partial charge in [-0.1, -0.05) is 29.5 Å². The molecule has 0 radical (unpaired) electrons. The average Bonchev–Trinajstić information content (AvgIpc) is 3.26. The van der Waals surface area contributed by atoms with E-state index in [2.05, 4.69) is 4.99 Å². The zero-order chi connectivity index (χ0) is 29.7. The molecule has 13 heteroatoms. The van der Waals surface area contributed by atoms with Crippen molar-refractivity contribution in [2.45, 2.75) is 19.9 Å². The van der Waals surface area contributed by atoms with Crippen LogP contribution in [0.25, 0.3) is 6.08 Å². The summed E-state index contributed by atoms with van der Waals surface area (Å²) < 4.78 is 28.7. The third kappa shape index (κ3) is 5.86. The Hall–Kier alpha value is -4.49. The number of allylic oxidation sites excluding steroid dienone is 1. The van der Waals surface area contributed by atoms with Crippen LogP contribution in [0.5, 0.6) is 17.2 Å². The fourth-order valence-electron chi connectivity index (χ4n) is 4.47. The van der Waals surface area contributed by atoms with Gasteiger partial charge in [0.2, 0.25) is 0 Å². The number of esters is 1. The first-order chi connectivity index (χ1) is 19.7. The van der Waals surface area contributed by atoms with E-state index in [-0.39, 0.29) is 34.8 Å². The van der Waals surface area contributed by atoms with Gasteiger partial charge < -0.3 is 23.7 Å². The summed E-state index contributed by atoms with van der Waals surface area (Å²) in [4.78, 5) is 43.3. The zero-order valence-electron chi connectivity index (χ0n) is 23.2. The minimum Gasteiger partial charge on any atom is -0.493 e. The van der Waals surface area contributed by atoms with Crippen molar-refractivity contribution in [2.75, 3.05) is 41.2 Å². The molecule has 1 aliphatic heterocycles. The molecule has 3 aromatic rings. The lowest BCUT2D eigenvalue weighted by atomic mass is 9.94. The molecule has 1 aliphatic rings. The number of nitro groups is 1. The highest BCUT2D eigenvalue weighted by Crippen LogP contribution is 2.40. The second-order valence-corrected chi connectivity index (χ2v) is 9.72. The Morgan fingerprint density at radius 2 is 1.90 bits per heavy atom. The van der Waals surface area contributed by atoms with Gasteiger partial charge >= 0.3 is 11.7 Å². The van der Waals surface area contributed by atoms with E-state index in [1.165, 1.54) is 44.1 Å². The van der Waals surface area contributed by atoms with Crippen molar-refractivity contribution in [3.63, 3.8) is 0 Å². The molecule has 0 N–H and O–H groups in total. The zero-order valence-corrected chi connectivity index (χ0v) is 24.0. The molecule has 0 aliphatic carbocycles. The number of carbonyl (C=O) groups is 1. The summed E-state index contributed by atoms with van der Waals surface area (Å²) >= 11 is 1.10. The van der Waals surface area contributed by atoms with Crippen molar-refractivity contribution in [1.82, 2.24) is 4.57 Å². The number of fused-ring (bicyclic) bond motifs is 1. The maximum absolute atomic E-state index is 14.0. The number of para-hydroxylation sites is 1. The molecule has 2 aromatic carbocycles. The van der Waals surface area contributed by atoms with Gasteiger partial charge in [-0.15, -0.1) is 0 Å². The highest BCUT2D eigenvalue weighted by molar-refractivity contribution is 7.07. The Kier molecular flexibility index (Phi) is 9.20. The second-order valence-electron chi connectivity index (χ2n) is 8.71. The first kappa shape index (κ1) is 29.5. The van der Waals surface area contributed by atoms with E-state index in [1.807, 2.05) is 6.92 Å². The van der Waals surface area contributed by atoms with Crippen LogP contribution in [-0.2, 0) is 14.3 Å². The predicted molar refractivity (Wildman–Crippen MR) is 150 cm³/mol. The monoisotopic (exact) mass is 583 g/mol. The summed E-state index contributed by atoms with van der Waals surface area (Å²) in [5.41, 5.74) is 0.779. The minimum absolute atomic E-state index is 0.00985. The number of hydrogen-bond acceptors (Lipinski definition) is 11. The second kappa shape index (κ2) is 12.8. The lowest BCUT2D eigenvalue weighted by Gasteiger charge is -2.27. The van der Waals surface area contributed by atoms with E-state index in [0.717, 1.165) is 11.3 Å². The first-order valence-corrected chi connectivity index (χ1v) is 13.4. The Morgan fingerprint density at radius 1 is 1.15 bits per heavy atom. The highest BCUT2D eigenvalue weighted by Gasteiger charge is 2.36. The van der Waals surface area contributed by atoms with Gasteiger partial charge in [-0.05, 0) is 37.6 Å². The van der Waals surface area contributed by atoms with Gasteiger partial charge in [0.15, 0.2) is 22.0 Å². The number of nitro benzene ring substituents is 1. The van der Waals surface area contributed by atoms with E-state index < -0.39 is 22.5 Å². The largest absolute Gasteiger partial charge is 0.493 e. The van der Waals surface area contributed by atoms with Gasteiger partial charge in [-0.25, -0.2) is 9.79 Å². The molecule has 0 amide bonds. The molecule has 1 aromatic heterocycles. The number of nitrogens with zero attached hydrogens (tertiary/aromatic N) is 3. The summed E-state index contributed by atoms with van der Waals surface area (Å²) in [5, 5.41) is 11.5. The molecule has 0 bridgehead atoms. The van der Waals surface area contributed by atoms with Crippen molar-refractivity contribution >= 4 is 29.1 Å². The third-order valence-electron chi connectivity index (χ3n) is 6.27. The molecule has 2 heterocycles. The molecule has 41 heavy (non-hydrogen) atoms. The molecule has 12 nitrogen and oxygen atoms in total. The fraction of sp³-hybridized carbons (Fsp3) is 0.321. The molecule has 0 unspecified atom stereocenters. The maximum atomic E-state index is 14.0. The van der Waals surface area contributed by atoms with Gasteiger partial charge in [0.1, 0.15) is 12.6 Å². The van der Waals surface area contributed by atoms with E-state index in [1.54, 1.807) is 31.2 Å². The number of hydrogen-bond donors (Lipinski definition) is 0. The normalized spacial score (nSPS) is 14.8. The number of ether oxygens (including phenoxy) is 5. The van der Waals surface area contributed by atoms with Crippen LogP contribution in [0.4, 0.5) is 5.69 Å². The smallest absolute Gasteiger partial charge is 0.338 e. The Morgan fingerprint density at radius 3 is 2.56 bits per heavy atom. The minimum atomic E-state index is -0.953. The van der Waals surface area contributed by atoms with E-state index in [0.29, 0.717) is 39.7 Å². The highest BCUT2D eigenvalue weighted by atomic mass is 32.1. The predicted octanol–water partition coefficient (Wildman–Crippen LogP) is 2.75. The summed E-state index contributed by atoms with van der Waals surface area (Å²) in [6.45, 7) is 4.00.